The molecule has 0 rings (SSSR count). The van der Waals surface area contributed by atoms with Crippen LogP contribution in [-0.4, -0.2) is 21.7 Å². The van der Waals surface area contributed by atoms with Gasteiger partial charge < -0.3 is 5.11 Å². The lowest BCUT2D eigenvalue weighted by Crippen LogP contribution is -2.16. The third-order valence-electron chi connectivity index (χ3n) is 1.06. The summed E-state index contributed by atoms with van der Waals surface area (Å²) in [6.45, 7) is 6.38. The van der Waals surface area contributed by atoms with Crippen LogP contribution in [0.5, 0.6) is 0 Å². The van der Waals surface area contributed by atoms with Gasteiger partial charge in [-0.25, -0.2) is 0 Å². The van der Waals surface area contributed by atoms with Gasteiger partial charge in [0.1, 0.15) is 0 Å². The highest BCUT2D eigenvalue weighted by Gasteiger charge is 2.12. The molecule has 1 N–H and O–H groups in total. The Hall–Kier alpha value is -0.130. The van der Waals surface area contributed by atoms with Crippen LogP contribution in [0.4, 0.5) is 0 Å². The molecule has 0 amide bonds. The molecule has 0 saturated heterocycles. The Kier molecular flexibility index (Phi) is 4.63. The first kappa shape index (κ1) is 10.9. The first-order valence-corrected chi connectivity index (χ1v) is 4.70. The summed E-state index contributed by atoms with van der Waals surface area (Å²) in [5.74, 6) is 3.17. The fourth-order valence-corrected chi connectivity index (χ4v) is 1.35. The average Bonchev–Trinajstić information content (AvgIpc) is 1.83. The Morgan fingerprint density at radius 3 is 2.45 bits per heavy atom. The predicted molar refractivity (Wildman–Crippen MR) is 51.7 cm³/mol. The molecule has 0 aliphatic rings. The summed E-state index contributed by atoms with van der Waals surface area (Å²) in [6.07, 6.45) is 5.17. The maximum Gasteiger partial charge on any atom is 0.0739 e. The Labute approximate surface area is 73.6 Å². The van der Waals surface area contributed by atoms with E-state index in [4.69, 9.17) is 6.42 Å². The maximum atomic E-state index is 9.25. The Bertz CT molecular complexity index is 141. The van der Waals surface area contributed by atoms with Crippen molar-refractivity contribution in [3.8, 4) is 12.3 Å². The third-order valence-corrected chi connectivity index (χ3v) is 2.48. The fraction of sp³-hybridized carbons (Fsp3) is 0.778. The van der Waals surface area contributed by atoms with Crippen molar-refractivity contribution in [2.45, 2.75) is 38.0 Å². The van der Waals surface area contributed by atoms with Gasteiger partial charge >= 0.3 is 0 Å². The highest BCUT2D eigenvalue weighted by atomic mass is 32.2. The van der Waals surface area contributed by atoms with E-state index in [1.165, 1.54) is 0 Å². The minimum atomic E-state index is -0.343. The molecule has 0 saturated carbocycles. The minimum absolute atomic E-state index is 0.218. The van der Waals surface area contributed by atoms with Crippen LogP contribution in [0.15, 0.2) is 0 Å². The summed E-state index contributed by atoms with van der Waals surface area (Å²) in [7, 11) is 0. The Morgan fingerprint density at radius 2 is 2.09 bits per heavy atom. The molecule has 0 heterocycles. The van der Waals surface area contributed by atoms with Crippen LogP contribution in [0.2, 0.25) is 0 Å². The van der Waals surface area contributed by atoms with Crippen molar-refractivity contribution in [1.29, 1.82) is 0 Å². The summed E-state index contributed by atoms with van der Waals surface area (Å²) in [5, 5.41) is 9.25. The number of aliphatic hydroxyl groups excluding tert-OH is 1. The zero-order valence-electron chi connectivity index (χ0n) is 7.42. The lowest BCUT2D eigenvalue weighted by atomic mass is 10.3. The number of terminal acetylenes is 1. The van der Waals surface area contributed by atoms with Gasteiger partial charge in [0, 0.05) is 16.9 Å². The van der Waals surface area contributed by atoms with Crippen LogP contribution in [0.3, 0.4) is 0 Å². The molecule has 0 aliphatic heterocycles. The van der Waals surface area contributed by atoms with E-state index >= 15 is 0 Å². The molecule has 1 nitrogen and oxygen atoms in total. The van der Waals surface area contributed by atoms with Crippen LogP contribution in [0.1, 0.15) is 27.2 Å². The van der Waals surface area contributed by atoms with Gasteiger partial charge in [0.25, 0.3) is 0 Å². The summed E-state index contributed by atoms with van der Waals surface area (Å²) < 4.78 is 0.218. The summed E-state index contributed by atoms with van der Waals surface area (Å²) in [5.41, 5.74) is 0. The molecule has 1 unspecified atom stereocenters. The first-order chi connectivity index (χ1) is 4.95. The van der Waals surface area contributed by atoms with Gasteiger partial charge in [-0.1, -0.05) is 20.8 Å². The standard InChI is InChI=1S/C9H16OS/c1-5-6-8(10)7-11-9(2,3)4/h1,8,10H,6-7H2,2-4H3. The molecular formula is C9H16OS. The molecule has 1 atom stereocenters. The Morgan fingerprint density at radius 1 is 1.55 bits per heavy atom. The summed E-state index contributed by atoms with van der Waals surface area (Å²) in [6, 6.07) is 0. The zero-order chi connectivity index (χ0) is 8.91. The highest BCUT2D eigenvalue weighted by Crippen LogP contribution is 2.23. The van der Waals surface area contributed by atoms with Crippen LogP contribution < -0.4 is 0 Å². The van der Waals surface area contributed by atoms with Crippen LogP contribution >= 0.6 is 11.8 Å². The molecule has 0 bridgehead atoms. The van der Waals surface area contributed by atoms with Crippen LogP contribution in [0, 0.1) is 12.3 Å². The van der Waals surface area contributed by atoms with E-state index in [1.54, 1.807) is 11.8 Å². The molecule has 0 aromatic carbocycles. The maximum absolute atomic E-state index is 9.25. The van der Waals surface area contributed by atoms with Crippen molar-refractivity contribution < 1.29 is 5.11 Å². The minimum Gasteiger partial charge on any atom is -0.391 e. The van der Waals surface area contributed by atoms with Gasteiger partial charge in [0.05, 0.1) is 6.10 Å². The van der Waals surface area contributed by atoms with E-state index in [2.05, 4.69) is 26.7 Å². The highest BCUT2D eigenvalue weighted by molar-refractivity contribution is 8.00. The normalized spacial score (nSPS) is 14.1. The SMILES string of the molecule is C#CCC(O)CSC(C)(C)C. The van der Waals surface area contributed by atoms with E-state index in [-0.39, 0.29) is 10.9 Å². The smallest absolute Gasteiger partial charge is 0.0739 e. The monoisotopic (exact) mass is 172 g/mol. The lowest BCUT2D eigenvalue weighted by molar-refractivity contribution is 0.205. The summed E-state index contributed by atoms with van der Waals surface area (Å²) >= 11 is 1.74. The van der Waals surface area contributed by atoms with E-state index in [9.17, 15) is 5.11 Å². The molecule has 0 radical (unpaired) electrons. The molecule has 0 spiro atoms. The van der Waals surface area contributed by atoms with Crippen molar-refractivity contribution in [2.24, 2.45) is 0 Å². The second kappa shape index (κ2) is 4.69. The molecule has 11 heavy (non-hydrogen) atoms. The number of hydrogen-bond donors (Lipinski definition) is 1. The lowest BCUT2D eigenvalue weighted by Gasteiger charge is -2.18. The topological polar surface area (TPSA) is 20.2 Å². The van der Waals surface area contributed by atoms with Crippen molar-refractivity contribution in [2.75, 3.05) is 5.75 Å². The molecule has 0 aliphatic carbocycles. The summed E-state index contributed by atoms with van der Waals surface area (Å²) in [4.78, 5) is 0. The predicted octanol–water partition coefficient (Wildman–Crippen LogP) is 1.90. The van der Waals surface area contributed by atoms with Gasteiger partial charge in [0.2, 0.25) is 0 Å². The molecular weight excluding hydrogens is 156 g/mol. The van der Waals surface area contributed by atoms with Crippen molar-refractivity contribution in [3.63, 3.8) is 0 Å². The van der Waals surface area contributed by atoms with Gasteiger partial charge in [-0.3, -0.25) is 0 Å². The van der Waals surface area contributed by atoms with Gasteiger partial charge in [-0.05, 0) is 0 Å². The van der Waals surface area contributed by atoms with Crippen LogP contribution in [-0.2, 0) is 0 Å². The van der Waals surface area contributed by atoms with E-state index in [0.717, 1.165) is 5.75 Å². The van der Waals surface area contributed by atoms with E-state index < -0.39 is 0 Å². The number of hydrogen-bond acceptors (Lipinski definition) is 2. The van der Waals surface area contributed by atoms with Gasteiger partial charge in [-0.15, -0.1) is 12.3 Å². The third kappa shape index (κ3) is 7.77. The number of aliphatic hydroxyl groups is 1. The fourth-order valence-electron chi connectivity index (χ4n) is 0.541. The van der Waals surface area contributed by atoms with Gasteiger partial charge in [-0.2, -0.15) is 11.8 Å². The largest absolute Gasteiger partial charge is 0.391 e. The second-order valence-corrected chi connectivity index (χ2v) is 5.33. The van der Waals surface area contributed by atoms with Crippen molar-refractivity contribution in [3.05, 3.63) is 0 Å². The molecule has 2 heteroatoms. The van der Waals surface area contributed by atoms with E-state index in [1.807, 2.05) is 0 Å². The molecule has 0 aromatic rings. The number of rotatable bonds is 3. The zero-order valence-corrected chi connectivity index (χ0v) is 8.24. The molecule has 64 valence electrons. The quantitative estimate of drug-likeness (QED) is 0.656. The first-order valence-electron chi connectivity index (χ1n) is 3.71. The average molecular weight is 172 g/mol. The van der Waals surface area contributed by atoms with Crippen molar-refractivity contribution >= 4 is 11.8 Å². The van der Waals surface area contributed by atoms with Crippen LogP contribution in [0.25, 0.3) is 0 Å². The second-order valence-electron chi connectivity index (χ2n) is 3.49. The van der Waals surface area contributed by atoms with Gasteiger partial charge in [0.15, 0.2) is 0 Å². The van der Waals surface area contributed by atoms with E-state index in [0.29, 0.717) is 6.42 Å². The van der Waals surface area contributed by atoms with Crippen molar-refractivity contribution in [1.82, 2.24) is 0 Å². The molecule has 0 aromatic heterocycles. The molecule has 0 fully saturated rings. The number of thioether (sulfide) groups is 1. The Balaban J connectivity index is 3.48.